The highest BCUT2D eigenvalue weighted by Gasteiger charge is 2.49. The lowest BCUT2D eigenvalue weighted by atomic mass is 9.67. The smallest absolute Gasteiger partial charge is 0.312 e. The molecular formula is C23H20O8. The van der Waals surface area contributed by atoms with Gasteiger partial charge in [-0.1, -0.05) is 12.1 Å². The van der Waals surface area contributed by atoms with E-state index in [2.05, 4.69) is 0 Å². The van der Waals surface area contributed by atoms with E-state index in [0.29, 0.717) is 49.4 Å². The molecule has 0 aromatic heterocycles. The first kappa shape index (κ1) is 18.7. The molecule has 2 saturated heterocycles. The third kappa shape index (κ3) is 3.51. The summed E-state index contributed by atoms with van der Waals surface area (Å²) in [5.41, 5.74) is 0.672. The van der Waals surface area contributed by atoms with Crippen molar-refractivity contribution >= 4 is 11.9 Å². The van der Waals surface area contributed by atoms with Crippen LogP contribution in [0.3, 0.4) is 0 Å². The average molecular weight is 424 g/mol. The zero-order chi connectivity index (χ0) is 21.0. The van der Waals surface area contributed by atoms with Gasteiger partial charge in [-0.2, -0.15) is 0 Å². The fourth-order valence-electron chi connectivity index (χ4n) is 4.25. The van der Waals surface area contributed by atoms with Crippen LogP contribution < -0.4 is 18.9 Å². The lowest BCUT2D eigenvalue weighted by molar-refractivity contribution is -0.140. The molecule has 4 aliphatic rings. The number of ether oxygens (including phenoxy) is 6. The summed E-state index contributed by atoms with van der Waals surface area (Å²) in [5.74, 6) is 1.17. The summed E-state index contributed by atoms with van der Waals surface area (Å²) in [7, 11) is 0. The van der Waals surface area contributed by atoms with Crippen molar-refractivity contribution in [2.24, 2.45) is 0 Å². The summed E-state index contributed by atoms with van der Waals surface area (Å²) in [6.07, 6.45) is 0.337. The average Bonchev–Trinajstić information content (AvgIpc) is 3.65. The van der Waals surface area contributed by atoms with Crippen LogP contribution in [0.2, 0.25) is 0 Å². The predicted octanol–water partition coefficient (Wildman–Crippen LogP) is 2.15. The summed E-state index contributed by atoms with van der Waals surface area (Å²) in [6.45, 7) is 2.28. The largest absolute Gasteiger partial charge is 0.491 e. The van der Waals surface area contributed by atoms with Crippen molar-refractivity contribution < 1.29 is 38.0 Å². The summed E-state index contributed by atoms with van der Waals surface area (Å²) in [4.78, 5) is 25.2. The van der Waals surface area contributed by atoms with E-state index >= 15 is 0 Å². The molecule has 0 aliphatic carbocycles. The molecule has 160 valence electrons. The molecule has 0 saturated carbocycles. The van der Waals surface area contributed by atoms with Gasteiger partial charge in [-0.25, -0.2) is 0 Å². The van der Waals surface area contributed by atoms with Crippen molar-refractivity contribution in [1.29, 1.82) is 0 Å². The highest BCUT2D eigenvalue weighted by atomic mass is 16.6. The van der Waals surface area contributed by atoms with Crippen LogP contribution in [0.1, 0.15) is 24.0 Å². The van der Waals surface area contributed by atoms with Crippen molar-refractivity contribution in [3.05, 3.63) is 47.5 Å². The van der Waals surface area contributed by atoms with E-state index < -0.39 is 17.4 Å². The summed E-state index contributed by atoms with van der Waals surface area (Å²) in [6, 6.07) is 10.8. The molecule has 4 aliphatic heterocycles. The standard InChI is InChI=1S/C23H20O8/c24-21-7-23(17-3-1-13(5-19(17)30-21)26-9-15-11-28-15)8-22(25)31-20-6-14(2-4-18(20)23)27-10-16-12-29-16/h1-6,15-16H,7-12H2. The third-order valence-electron chi connectivity index (χ3n) is 5.95. The monoisotopic (exact) mass is 424 g/mol. The Kier molecular flexibility index (Phi) is 4.19. The number of fused-ring (bicyclic) bond motifs is 4. The molecule has 1 spiro atoms. The number of rotatable bonds is 6. The molecule has 2 aromatic rings. The molecule has 6 rings (SSSR count). The van der Waals surface area contributed by atoms with Gasteiger partial charge in [-0.3, -0.25) is 9.59 Å². The molecule has 2 atom stereocenters. The molecule has 8 nitrogen and oxygen atoms in total. The molecular weight excluding hydrogens is 404 g/mol. The maximum Gasteiger partial charge on any atom is 0.312 e. The lowest BCUT2D eigenvalue weighted by Gasteiger charge is -2.40. The Labute approximate surface area is 177 Å². The minimum absolute atomic E-state index is 0.0499. The molecule has 2 unspecified atom stereocenters. The van der Waals surface area contributed by atoms with Gasteiger partial charge in [0, 0.05) is 28.7 Å². The Hall–Kier alpha value is -3.10. The quantitative estimate of drug-likeness (QED) is 0.395. The molecule has 4 heterocycles. The van der Waals surface area contributed by atoms with Crippen molar-refractivity contribution in [1.82, 2.24) is 0 Å². The van der Waals surface area contributed by atoms with Gasteiger partial charge in [0.25, 0.3) is 0 Å². The molecule has 2 aromatic carbocycles. The van der Waals surface area contributed by atoms with Crippen LogP contribution in [0.15, 0.2) is 36.4 Å². The molecule has 0 amide bonds. The van der Waals surface area contributed by atoms with Crippen molar-refractivity contribution in [2.75, 3.05) is 26.4 Å². The van der Waals surface area contributed by atoms with E-state index in [-0.39, 0.29) is 25.0 Å². The molecule has 0 N–H and O–H groups in total. The van der Waals surface area contributed by atoms with Crippen LogP contribution in [-0.2, 0) is 24.5 Å². The maximum atomic E-state index is 12.6. The second kappa shape index (κ2) is 6.96. The normalized spacial score (nSPS) is 27.6. The number of carbonyl (C=O) groups is 2. The van der Waals surface area contributed by atoms with E-state index in [9.17, 15) is 9.59 Å². The minimum atomic E-state index is -0.856. The SMILES string of the molecule is O=C1CC2(CC(=O)Oc3cc(OCC4CO4)ccc32)c2ccc(OCC3CO3)cc2O1. The molecule has 0 radical (unpaired) electrons. The van der Waals surface area contributed by atoms with Gasteiger partial charge in [0.15, 0.2) is 0 Å². The van der Waals surface area contributed by atoms with Crippen LogP contribution >= 0.6 is 0 Å². The Morgan fingerprint density at radius 1 is 0.774 bits per heavy atom. The van der Waals surface area contributed by atoms with Crippen LogP contribution in [0.4, 0.5) is 0 Å². The van der Waals surface area contributed by atoms with Crippen LogP contribution in [-0.4, -0.2) is 50.6 Å². The molecule has 2 fully saturated rings. The fourth-order valence-corrected chi connectivity index (χ4v) is 4.25. The molecule has 31 heavy (non-hydrogen) atoms. The Morgan fingerprint density at radius 2 is 1.23 bits per heavy atom. The molecule has 8 heteroatoms. The predicted molar refractivity (Wildman–Crippen MR) is 105 cm³/mol. The summed E-state index contributed by atoms with van der Waals surface area (Å²) in [5, 5.41) is 0. The second-order valence-corrected chi connectivity index (χ2v) is 8.23. The Balaban J connectivity index is 1.37. The Bertz CT molecular complexity index is 984. The van der Waals surface area contributed by atoms with Gasteiger partial charge >= 0.3 is 11.9 Å². The number of epoxide rings is 2. The van der Waals surface area contributed by atoms with Gasteiger partial charge in [0.2, 0.25) is 0 Å². The van der Waals surface area contributed by atoms with Gasteiger partial charge in [0.1, 0.15) is 48.4 Å². The van der Waals surface area contributed by atoms with Gasteiger partial charge < -0.3 is 28.4 Å². The number of benzene rings is 2. The Morgan fingerprint density at radius 3 is 1.65 bits per heavy atom. The van der Waals surface area contributed by atoms with Crippen LogP contribution in [0, 0.1) is 0 Å². The van der Waals surface area contributed by atoms with E-state index in [0.717, 1.165) is 11.1 Å². The maximum absolute atomic E-state index is 12.6. The van der Waals surface area contributed by atoms with E-state index in [1.807, 2.05) is 24.3 Å². The van der Waals surface area contributed by atoms with Crippen LogP contribution in [0.5, 0.6) is 23.0 Å². The third-order valence-corrected chi connectivity index (χ3v) is 5.95. The van der Waals surface area contributed by atoms with Gasteiger partial charge in [-0.15, -0.1) is 0 Å². The fraction of sp³-hybridized carbons (Fsp3) is 0.391. The summed E-state index contributed by atoms with van der Waals surface area (Å²) < 4.78 is 32.8. The number of esters is 2. The van der Waals surface area contributed by atoms with E-state index in [4.69, 9.17) is 28.4 Å². The number of hydrogen-bond donors (Lipinski definition) is 0. The lowest BCUT2D eigenvalue weighted by Crippen LogP contribution is -2.42. The van der Waals surface area contributed by atoms with Gasteiger partial charge in [0.05, 0.1) is 26.1 Å². The first-order valence-electron chi connectivity index (χ1n) is 10.3. The van der Waals surface area contributed by atoms with Gasteiger partial charge in [-0.05, 0) is 12.1 Å². The number of hydrogen-bond acceptors (Lipinski definition) is 8. The first-order valence-corrected chi connectivity index (χ1v) is 10.3. The minimum Gasteiger partial charge on any atom is -0.491 e. The van der Waals surface area contributed by atoms with Crippen molar-refractivity contribution in [3.8, 4) is 23.0 Å². The van der Waals surface area contributed by atoms with E-state index in [1.165, 1.54) is 0 Å². The zero-order valence-corrected chi connectivity index (χ0v) is 16.6. The topological polar surface area (TPSA) is 96.1 Å². The van der Waals surface area contributed by atoms with Crippen molar-refractivity contribution in [2.45, 2.75) is 30.5 Å². The highest BCUT2D eigenvalue weighted by molar-refractivity contribution is 5.86. The highest BCUT2D eigenvalue weighted by Crippen LogP contribution is 2.52. The summed E-state index contributed by atoms with van der Waals surface area (Å²) >= 11 is 0. The first-order chi connectivity index (χ1) is 15.1. The van der Waals surface area contributed by atoms with Crippen LogP contribution in [0.25, 0.3) is 0 Å². The second-order valence-electron chi connectivity index (χ2n) is 8.23. The number of carbonyl (C=O) groups excluding carboxylic acids is 2. The zero-order valence-electron chi connectivity index (χ0n) is 16.6. The molecule has 0 bridgehead atoms. The van der Waals surface area contributed by atoms with Crippen molar-refractivity contribution in [3.63, 3.8) is 0 Å². The van der Waals surface area contributed by atoms with E-state index in [1.54, 1.807) is 12.1 Å².